The molecule has 1 saturated heterocycles. The van der Waals surface area contributed by atoms with Crippen molar-refractivity contribution in [2.45, 2.75) is 68.6 Å². The molecule has 3 aromatic rings. The summed E-state index contributed by atoms with van der Waals surface area (Å²) in [6.45, 7) is 3.64. The second kappa shape index (κ2) is 25.8. The second-order valence-corrected chi connectivity index (χ2v) is 17.7. The summed E-state index contributed by atoms with van der Waals surface area (Å²) >= 11 is 1.46. The largest absolute Gasteiger partial charge is 0.494 e. The average Bonchev–Trinajstić information content (AvgIpc) is 3.27. The number of amides is 6. The van der Waals surface area contributed by atoms with Crippen LogP contribution in [0.15, 0.2) is 76.9 Å². The second-order valence-electron chi connectivity index (χ2n) is 15.1. The molecule has 4 atom stereocenters. The molecule has 24 heteroatoms. The lowest BCUT2D eigenvalue weighted by atomic mass is 10.00. The zero-order chi connectivity index (χ0) is 48.2. The van der Waals surface area contributed by atoms with Crippen molar-refractivity contribution >= 4 is 75.3 Å². The number of ether oxygens (including phenoxy) is 1. The third kappa shape index (κ3) is 17.1. The minimum Gasteiger partial charge on any atom is -0.494 e. The maximum Gasteiger partial charge on any atom is 0.305 e. The predicted molar refractivity (Wildman–Crippen MR) is 243 cm³/mol. The van der Waals surface area contributed by atoms with E-state index in [4.69, 9.17) is 10.5 Å². The van der Waals surface area contributed by atoms with Gasteiger partial charge in [-0.05, 0) is 60.4 Å². The number of aliphatic carboxylic acids is 1. The first-order valence-electron chi connectivity index (χ1n) is 20.7. The van der Waals surface area contributed by atoms with Crippen molar-refractivity contribution in [2.75, 3.05) is 43.2 Å². The van der Waals surface area contributed by atoms with E-state index in [-0.39, 0.29) is 47.8 Å². The zero-order valence-corrected chi connectivity index (χ0v) is 37.8. The van der Waals surface area contributed by atoms with E-state index in [0.29, 0.717) is 35.8 Å². The number of anilines is 1. The van der Waals surface area contributed by atoms with Gasteiger partial charge >= 0.3 is 5.97 Å². The van der Waals surface area contributed by atoms with Crippen LogP contribution in [-0.4, -0.2) is 133 Å². The molecular weight excluding hydrogens is 901 g/mol. The van der Waals surface area contributed by atoms with Gasteiger partial charge in [-0.3, -0.25) is 43.5 Å². The predicted octanol–water partition coefficient (Wildman–Crippen LogP) is -0.203. The molecule has 1 aliphatic rings. The van der Waals surface area contributed by atoms with Crippen LogP contribution in [0.3, 0.4) is 0 Å². The van der Waals surface area contributed by atoms with Gasteiger partial charge in [0.05, 0.1) is 31.4 Å². The minimum absolute atomic E-state index is 0.115. The Balaban J connectivity index is 1.35. The summed E-state index contributed by atoms with van der Waals surface area (Å²) < 4.78 is 38.3. The number of hydrogen-bond donors (Lipinski definition) is 10. The number of pyridine rings is 1. The van der Waals surface area contributed by atoms with Gasteiger partial charge in [0, 0.05) is 37.0 Å². The Morgan fingerprint density at radius 1 is 0.924 bits per heavy atom. The maximum absolute atomic E-state index is 13.9. The SMILES string of the molecule is CC(C)C1NC(=O)[C@@H](Cc2ccc(OCCCNC(=O)c3ccc(N/N=C/c4ccccc4S(=O)(=O)O)nc3)cc2)NC(=O)[C@H](CC(=O)O)NC(=O)CNC(=O)[C@H](CCSCCN)NC1=O. The van der Waals surface area contributed by atoms with Crippen molar-refractivity contribution in [2.24, 2.45) is 16.8 Å². The van der Waals surface area contributed by atoms with E-state index in [2.05, 4.69) is 47.4 Å². The molecule has 1 unspecified atom stereocenters. The third-order valence-electron chi connectivity index (χ3n) is 9.62. The fourth-order valence-electron chi connectivity index (χ4n) is 6.22. The monoisotopic (exact) mass is 954 g/mol. The summed E-state index contributed by atoms with van der Waals surface area (Å²) in [5.41, 5.74) is 9.17. The van der Waals surface area contributed by atoms with Crippen LogP contribution in [0.4, 0.5) is 5.82 Å². The van der Waals surface area contributed by atoms with E-state index in [1.807, 2.05) is 0 Å². The maximum atomic E-state index is 13.9. The number of hydrogen-bond acceptors (Lipinski definition) is 15. The van der Waals surface area contributed by atoms with Gasteiger partial charge in [-0.1, -0.05) is 44.2 Å². The van der Waals surface area contributed by atoms with Crippen LogP contribution in [0.5, 0.6) is 5.75 Å². The van der Waals surface area contributed by atoms with Gasteiger partial charge in [-0.2, -0.15) is 25.3 Å². The molecule has 11 N–H and O–H groups in total. The average molecular weight is 955 g/mol. The number of aromatic nitrogens is 1. The van der Waals surface area contributed by atoms with Gasteiger partial charge in [0.1, 0.15) is 40.6 Å². The number of carboxylic acids is 1. The van der Waals surface area contributed by atoms with Crippen molar-refractivity contribution in [3.63, 3.8) is 0 Å². The Morgan fingerprint density at radius 2 is 1.64 bits per heavy atom. The highest BCUT2D eigenvalue weighted by Crippen LogP contribution is 2.16. The molecule has 0 bridgehead atoms. The molecule has 356 valence electrons. The van der Waals surface area contributed by atoms with Crippen LogP contribution in [0.25, 0.3) is 0 Å². The fraction of sp³-hybridized carbons (Fsp3) is 0.405. The lowest BCUT2D eigenvalue weighted by Crippen LogP contribution is -2.59. The molecule has 1 fully saturated rings. The molecule has 66 heavy (non-hydrogen) atoms. The highest BCUT2D eigenvalue weighted by molar-refractivity contribution is 7.99. The van der Waals surface area contributed by atoms with Crippen molar-refractivity contribution in [3.05, 3.63) is 83.6 Å². The third-order valence-corrected chi connectivity index (χ3v) is 11.6. The first-order chi connectivity index (χ1) is 31.4. The van der Waals surface area contributed by atoms with Gasteiger partial charge in [-0.25, -0.2) is 4.98 Å². The van der Waals surface area contributed by atoms with Crippen molar-refractivity contribution in [3.8, 4) is 5.75 Å². The molecule has 0 radical (unpaired) electrons. The molecule has 0 spiro atoms. The molecule has 6 amide bonds. The van der Waals surface area contributed by atoms with E-state index < -0.39 is 94.6 Å². The smallest absolute Gasteiger partial charge is 0.305 e. The Labute approximate surface area is 385 Å². The van der Waals surface area contributed by atoms with Crippen LogP contribution >= 0.6 is 11.8 Å². The van der Waals surface area contributed by atoms with Gasteiger partial charge in [0.25, 0.3) is 16.0 Å². The number of carboxylic acid groups (broad SMARTS) is 1. The van der Waals surface area contributed by atoms with Crippen LogP contribution in [-0.2, 0) is 45.3 Å². The number of carbonyl (C=O) groups excluding carboxylic acids is 6. The Kier molecular flexibility index (Phi) is 20.3. The zero-order valence-electron chi connectivity index (χ0n) is 36.2. The molecule has 0 aliphatic carbocycles. The number of nitrogens with zero attached hydrogens (tertiary/aromatic N) is 2. The number of nitrogens with two attached hydrogens (primary N) is 1. The number of carbonyl (C=O) groups is 7. The summed E-state index contributed by atoms with van der Waals surface area (Å²) in [7, 11) is -4.45. The van der Waals surface area contributed by atoms with Gasteiger partial charge in [-0.15, -0.1) is 0 Å². The first-order valence-corrected chi connectivity index (χ1v) is 23.3. The normalized spacial score (nSPS) is 18.8. The van der Waals surface area contributed by atoms with Crippen LogP contribution < -0.4 is 47.8 Å². The molecule has 1 aliphatic heterocycles. The standard InChI is InChI=1S/C42H54N10O12S2/c1-25(2)37-42(60)49-30(14-18-65-19-15-43)39(57)46-24-35(53)48-32(21-36(54)55)40(58)50-31(41(59)51-37)20-26-8-11-29(12-9-26)64-17-5-16-44-38(56)28-10-13-34(45-22-28)52-47-23-27-6-3-4-7-33(27)66(61,62)63/h3-4,6-13,22-23,25,30-32,37H,5,14-21,24,43H2,1-2H3,(H,44,56)(H,45,52)(H,46,57)(H,48,53)(H,49,60)(H,50,58)(H,51,59)(H,54,55)(H,61,62,63)/b47-23+/t30-,31+,32-,37?/m0/s1. The van der Waals surface area contributed by atoms with E-state index in [1.165, 1.54) is 54.5 Å². The summed E-state index contributed by atoms with van der Waals surface area (Å²) in [4.78, 5) is 95.2. The highest BCUT2D eigenvalue weighted by Gasteiger charge is 2.34. The summed E-state index contributed by atoms with van der Waals surface area (Å²) in [6.07, 6.45) is 2.19. The lowest BCUT2D eigenvalue weighted by molar-refractivity contribution is -0.141. The molecule has 2 heterocycles. The summed E-state index contributed by atoms with van der Waals surface area (Å²) in [5, 5.41) is 28.9. The lowest BCUT2D eigenvalue weighted by Gasteiger charge is -2.27. The molecule has 0 saturated carbocycles. The molecule has 22 nitrogen and oxygen atoms in total. The Hall–Kier alpha value is -6.63. The number of benzene rings is 2. The van der Waals surface area contributed by atoms with E-state index in [0.717, 1.165) is 0 Å². The van der Waals surface area contributed by atoms with Crippen LogP contribution in [0.1, 0.15) is 54.6 Å². The van der Waals surface area contributed by atoms with Gasteiger partial charge in [0.2, 0.25) is 29.5 Å². The quantitative estimate of drug-likeness (QED) is 0.0303. The van der Waals surface area contributed by atoms with Crippen LogP contribution in [0, 0.1) is 5.92 Å². The molecule has 4 rings (SSSR count). The van der Waals surface area contributed by atoms with Crippen molar-refractivity contribution < 1.29 is 56.4 Å². The number of hydrazone groups is 1. The molecule has 1 aromatic heterocycles. The topological polar surface area (TPSA) is 339 Å². The number of rotatable bonds is 20. The summed E-state index contributed by atoms with van der Waals surface area (Å²) in [5.74, 6) is -4.45. The summed E-state index contributed by atoms with van der Waals surface area (Å²) in [6, 6.07) is 10.1. The highest BCUT2D eigenvalue weighted by atomic mass is 32.2. The molecule has 2 aromatic carbocycles. The van der Waals surface area contributed by atoms with Crippen LogP contribution in [0.2, 0.25) is 0 Å². The van der Waals surface area contributed by atoms with Crippen molar-refractivity contribution in [1.29, 1.82) is 0 Å². The van der Waals surface area contributed by atoms with Crippen molar-refractivity contribution in [1.82, 2.24) is 36.9 Å². The van der Waals surface area contributed by atoms with E-state index in [9.17, 15) is 51.6 Å². The van der Waals surface area contributed by atoms with Gasteiger partial charge < -0.3 is 47.5 Å². The van der Waals surface area contributed by atoms with E-state index in [1.54, 1.807) is 44.2 Å². The first kappa shape index (κ1) is 52.0. The molecular formula is C42H54N10O12S2. The van der Waals surface area contributed by atoms with Gasteiger partial charge in [0.15, 0.2) is 0 Å². The number of thioether (sulfide) groups is 1. The Bertz CT molecular complexity index is 2320. The minimum atomic E-state index is -4.45. The number of nitrogens with one attached hydrogen (secondary N) is 7. The Morgan fingerprint density at radius 3 is 2.30 bits per heavy atom. The van der Waals surface area contributed by atoms with E-state index >= 15 is 0 Å². The fourth-order valence-corrected chi connectivity index (χ4v) is 7.66.